The van der Waals surface area contributed by atoms with Crippen molar-refractivity contribution in [1.82, 2.24) is 5.32 Å². The number of rotatable bonds is 24. The zero-order valence-electron chi connectivity index (χ0n) is 19.1. The highest BCUT2D eigenvalue weighted by Gasteiger charge is 2.00. The van der Waals surface area contributed by atoms with Gasteiger partial charge in [-0.15, -0.1) is 0 Å². The van der Waals surface area contributed by atoms with Gasteiger partial charge in [0.15, 0.2) is 0 Å². The highest BCUT2D eigenvalue weighted by Crippen LogP contribution is 2.13. The lowest BCUT2D eigenvalue weighted by atomic mass is 10.0. The van der Waals surface area contributed by atoms with Crippen LogP contribution in [0.4, 0.5) is 0 Å². The molecule has 0 aromatic carbocycles. The van der Waals surface area contributed by atoms with Crippen molar-refractivity contribution >= 4 is 12.2 Å². The summed E-state index contributed by atoms with van der Waals surface area (Å²) >= 11 is 0. The van der Waals surface area contributed by atoms with Gasteiger partial charge in [-0.25, -0.2) is 0 Å². The van der Waals surface area contributed by atoms with Gasteiger partial charge in [0.05, 0.1) is 19.8 Å². The van der Waals surface area contributed by atoms with Gasteiger partial charge in [0.1, 0.15) is 12.9 Å². The molecule has 0 aliphatic rings. The normalized spacial score (nSPS) is 10.9. The number of nitrogens with one attached hydrogen (secondary N) is 1. The Morgan fingerprint density at radius 3 is 1.69 bits per heavy atom. The maximum Gasteiger partial charge on any atom is 0.220 e. The minimum Gasteiger partial charge on any atom is -0.377 e. The smallest absolute Gasteiger partial charge is 0.220 e. The summed E-state index contributed by atoms with van der Waals surface area (Å²) in [7, 11) is 0. The van der Waals surface area contributed by atoms with E-state index in [2.05, 4.69) is 12.2 Å². The Balaban J connectivity index is 3.13. The summed E-state index contributed by atoms with van der Waals surface area (Å²) in [6.45, 7) is 4.25. The van der Waals surface area contributed by atoms with Crippen LogP contribution in [-0.4, -0.2) is 45.2 Å². The van der Waals surface area contributed by atoms with E-state index < -0.39 is 0 Å². The molecule has 0 rings (SSSR count). The van der Waals surface area contributed by atoms with Crippen LogP contribution in [0.1, 0.15) is 110 Å². The van der Waals surface area contributed by atoms with Gasteiger partial charge in [-0.2, -0.15) is 0 Å². The van der Waals surface area contributed by atoms with Crippen molar-refractivity contribution in [1.29, 1.82) is 0 Å². The van der Waals surface area contributed by atoms with E-state index in [1.54, 1.807) is 0 Å². The first-order chi connectivity index (χ1) is 14.3. The predicted octanol–water partition coefficient (Wildman–Crippen LogP) is 5.60. The van der Waals surface area contributed by atoms with Gasteiger partial charge in [0.2, 0.25) is 5.91 Å². The van der Waals surface area contributed by atoms with Gasteiger partial charge < -0.3 is 19.6 Å². The van der Waals surface area contributed by atoms with Crippen LogP contribution in [0.15, 0.2) is 0 Å². The van der Waals surface area contributed by atoms with Crippen molar-refractivity contribution in [2.45, 2.75) is 110 Å². The van der Waals surface area contributed by atoms with Crippen molar-refractivity contribution < 1.29 is 19.1 Å². The second-order valence-electron chi connectivity index (χ2n) is 7.90. The molecule has 29 heavy (non-hydrogen) atoms. The first-order valence-electron chi connectivity index (χ1n) is 12.2. The molecule has 172 valence electrons. The fourth-order valence-corrected chi connectivity index (χ4v) is 3.36. The molecule has 5 nitrogen and oxygen atoms in total. The fourth-order valence-electron chi connectivity index (χ4n) is 3.36. The Bertz CT molecular complexity index is 350. The summed E-state index contributed by atoms with van der Waals surface area (Å²) in [6.07, 6.45) is 21.4. The number of unbranched alkanes of at least 4 members (excludes halogenated alkanes) is 14. The Kier molecular flexibility index (Phi) is 24.3. The first kappa shape index (κ1) is 28.1. The largest absolute Gasteiger partial charge is 0.377 e. The Morgan fingerprint density at radius 2 is 1.17 bits per heavy atom. The molecule has 0 fully saturated rings. The van der Waals surface area contributed by atoms with Gasteiger partial charge in [-0.05, 0) is 6.42 Å². The third kappa shape index (κ3) is 25.0. The Morgan fingerprint density at radius 1 is 0.690 bits per heavy atom. The van der Waals surface area contributed by atoms with Crippen molar-refractivity contribution in [3.8, 4) is 0 Å². The zero-order chi connectivity index (χ0) is 21.3. The average Bonchev–Trinajstić information content (AvgIpc) is 2.72. The summed E-state index contributed by atoms with van der Waals surface area (Å²) in [6, 6.07) is 0. The maximum atomic E-state index is 11.7. The van der Waals surface area contributed by atoms with Crippen LogP contribution in [0.2, 0.25) is 0 Å². The van der Waals surface area contributed by atoms with Crippen molar-refractivity contribution in [3.05, 3.63) is 0 Å². The number of amides is 1. The molecule has 0 spiro atoms. The van der Waals surface area contributed by atoms with Gasteiger partial charge >= 0.3 is 0 Å². The van der Waals surface area contributed by atoms with Crippen molar-refractivity contribution in [3.63, 3.8) is 0 Å². The topological polar surface area (TPSA) is 64.6 Å². The van der Waals surface area contributed by atoms with E-state index in [0.717, 1.165) is 19.1 Å². The van der Waals surface area contributed by atoms with Crippen LogP contribution in [0, 0.1) is 0 Å². The Labute approximate surface area is 179 Å². The van der Waals surface area contributed by atoms with Crippen LogP contribution in [-0.2, 0) is 19.1 Å². The van der Waals surface area contributed by atoms with E-state index >= 15 is 0 Å². The van der Waals surface area contributed by atoms with Crippen LogP contribution in [0.5, 0.6) is 0 Å². The summed E-state index contributed by atoms with van der Waals surface area (Å²) in [5, 5.41) is 2.87. The molecule has 0 saturated carbocycles. The van der Waals surface area contributed by atoms with Crippen LogP contribution >= 0.6 is 0 Å². The number of hydrogen-bond acceptors (Lipinski definition) is 4. The molecule has 0 aromatic heterocycles. The molecule has 0 radical (unpaired) electrons. The van der Waals surface area contributed by atoms with Gasteiger partial charge in [0.25, 0.3) is 0 Å². The predicted molar refractivity (Wildman–Crippen MR) is 120 cm³/mol. The third-order valence-electron chi connectivity index (χ3n) is 5.13. The molecule has 0 atom stereocenters. The molecule has 0 aromatic rings. The number of aldehydes is 1. The molecular weight excluding hydrogens is 366 g/mol. The zero-order valence-corrected chi connectivity index (χ0v) is 19.1. The molecule has 0 bridgehead atoms. The lowest BCUT2D eigenvalue weighted by Gasteiger charge is -2.06. The Hall–Kier alpha value is -0.940. The number of carbonyl (C=O) groups is 2. The van der Waals surface area contributed by atoms with E-state index in [1.165, 1.54) is 83.5 Å². The lowest BCUT2D eigenvalue weighted by molar-refractivity contribution is -0.121. The molecule has 5 heteroatoms. The van der Waals surface area contributed by atoms with E-state index in [4.69, 9.17) is 9.47 Å². The highest BCUT2D eigenvalue weighted by molar-refractivity contribution is 5.75. The summed E-state index contributed by atoms with van der Waals surface area (Å²) in [5.74, 6) is 0.112. The van der Waals surface area contributed by atoms with Crippen molar-refractivity contribution in [2.24, 2.45) is 0 Å². The van der Waals surface area contributed by atoms with E-state index in [-0.39, 0.29) is 12.5 Å². The number of carbonyl (C=O) groups excluding carboxylic acids is 2. The second kappa shape index (κ2) is 25.1. The summed E-state index contributed by atoms with van der Waals surface area (Å²) in [4.78, 5) is 21.8. The molecule has 0 unspecified atom stereocenters. The molecule has 0 aliphatic carbocycles. The first-order valence-corrected chi connectivity index (χ1v) is 12.2. The monoisotopic (exact) mass is 413 g/mol. The quantitative estimate of drug-likeness (QED) is 0.165. The SMILES string of the molecule is CCCCCCCCCCCCCCCCCC(=O)NCCOCCOCC=O. The molecule has 1 N–H and O–H groups in total. The average molecular weight is 414 g/mol. The number of hydrogen-bond donors (Lipinski definition) is 1. The molecular formula is C24H47NO4. The van der Waals surface area contributed by atoms with Crippen LogP contribution < -0.4 is 5.32 Å². The van der Waals surface area contributed by atoms with E-state index in [9.17, 15) is 9.59 Å². The number of ether oxygens (including phenoxy) is 2. The van der Waals surface area contributed by atoms with Crippen molar-refractivity contribution in [2.75, 3.05) is 33.0 Å². The summed E-state index contributed by atoms with van der Waals surface area (Å²) in [5.41, 5.74) is 0. The van der Waals surface area contributed by atoms with Crippen LogP contribution in [0.25, 0.3) is 0 Å². The molecule has 0 saturated heterocycles. The minimum absolute atomic E-state index is 0.110. The van der Waals surface area contributed by atoms with Crippen LogP contribution in [0.3, 0.4) is 0 Å². The van der Waals surface area contributed by atoms with Gasteiger partial charge in [-0.3, -0.25) is 4.79 Å². The van der Waals surface area contributed by atoms with Gasteiger partial charge in [-0.1, -0.05) is 96.8 Å². The van der Waals surface area contributed by atoms with E-state index in [1.807, 2.05) is 0 Å². The molecule has 0 heterocycles. The highest BCUT2D eigenvalue weighted by atomic mass is 16.5. The summed E-state index contributed by atoms with van der Waals surface area (Å²) < 4.78 is 10.3. The fraction of sp³-hybridized carbons (Fsp3) is 0.917. The maximum absolute atomic E-state index is 11.7. The third-order valence-corrected chi connectivity index (χ3v) is 5.13. The molecule has 0 aliphatic heterocycles. The minimum atomic E-state index is 0.110. The second-order valence-corrected chi connectivity index (χ2v) is 7.90. The standard InChI is InChI=1S/C24H47NO4/c1-2-3-4-5-6-7-8-9-10-11-12-13-14-15-16-17-24(27)25-18-20-28-22-23-29-21-19-26/h19H,2-18,20-23H2,1H3,(H,25,27). The lowest BCUT2D eigenvalue weighted by Crippen LogP contribution is -2.27. The molecule has 1 amide bonds. The van der Waals surface area contributed by atoms with Gasteiger partial charge in [0, 0.05) is 13.0 Å². The van der Waals surface area contributed by atoms with E-state index in [0.29, 0.717) is 32.8 Å².